The normalized spacial score (nSPS) is 16.7. The van der Waals surface area contributed by atoms with Crippen molar-refractivity contribution >= 4 is 20.0 Å². The second-order valence-electron chi connectivity index (χ2n) is 7.27. The number of quaternary nitrogens is 2. The van der Waals surface area contributed by atoms with Crippen LogP contribution in [0, 0.1) is 0 Å². The van der Waals surface area contributed by atoms with Gasteiger partial charge in [0.1, 0.15) is 0 Å². The first-order valence-electron chi connectivity index (χ1n) is 8.68. The van der Waals surface area contributed by atoms with Crippen LogP contribution in [0.3, 0.4) is 0 Å². The number of sulfonamides is 2. The minimum atomic E-state index is -6.72. The summed E-state index contributed by atoms with van der Waals surface area (Å²) in [7, 11) is -4.79. The van der Waals surface area contributed by atoms with Gasteiger partial charge < -0.3 is 19.0 Å². The fourth-order valence-electron chi connectivity index (χ4n) is 2.08. The highest BCUT2D eigenvalue weighted by Crippen LogP contribution is 2.36. The van der Waals surface area contributed by atoms with Crippen molar-refractivity contribution in [2.24, 2.45) is 0 Å². The van der Waals surface area contributed by atoms with Crippen molar-refractivity contribution < 1.29 is 58.0 Å². The van der Waals surface area contributed by atoms with Gasteiger partial charge in [-0.05, 0) is 6.42 Å². The van der Waals surface area contributed by atoms with Crippen LogP contribution in [0.25, 0.3) is 4.13 Å². The molecule has 0 aliphatic carbocycles. The third-order valence-corrected chi connectivity index (χ3v) is 6.22. The van der Waals surface area contributed by atoms with Gasteiger partial charge in [0.15, 0.2) is 20.0 Å². The minimum Gasteiger partial charge on any atom is -0.870 e. The van der Waals surface area contributed by atoms with Crippen molar-refractivity contribution in [2.45, 2.75) is 43.6 Å². The molecule has 0 radical (unpaired) electrons. The summed E-state index contributed by atoms with van der Waals surface area (Å²) in [4.78, 5) is 1.42. The standard InChI is InChI=1S/C9H20N.C3H9N.C2F6NO4S2.H2O/c1-3-4-7-10(2)8-5-6-9-10;1-4(2)3;3-1(4,5)14(10,11)9-15(12,13)2(6,7)8;/h3-9H2,1-2H3;1-3H3;;1H2/q+1;;-1;. The Balaban J connectivity index is -0.000000418. The molecule has 1 heterocycles. The summed E-state index contributed by atoms with van der Waals surface area (Å²) in [5.41, 5.74) is -12.4. The molecule has 0 unspecified atom stereocenters. The number of unbranched alkanes of at least 4 members (excludes halogenated alkanes) is 1. The van der Waals surface area contributed by atoms with Crippen molar-refractivity contribution in [2.75, 3.05) is 47.8 Å². The molecule has 0 aromatic heterocycles. The van der Waals surface area contributed by atoms with Crippen molar-refractivity contribution in [1.82, 2.24) is 0 Å². The van der Waals surface area contributed by atoms with Crippen LogP contribution in [0.5, 0.6) is 0 Å². The molecule has 0 aromatic rings. The van der Waals surface area contributed by atoms with Gasteiger partial charge >= 0.3 is 11.0 Å². The molecular weight excluding hydrogens is 468 g/mol. The lowest BCUT2D eigenvalue weighted by Crippen LogP contribution is -3.02. The molecule has 30 heavy (non-hydrogen) atoms. The van der Waals surface area contributed by atoms with E-state index < -0.39 is 31.1 Å². The second-order valence-corrected chi connectivity index (χ2v) is 10.7. The molecule has 0 saturated carbocycles. The van der Waals surface area contributed by atoms with Gasteiger partial charge in [0.05, 0.1) is 47.8 Å². The molecule has 0 bridgehead atoms. The fourth-order valence-corrected chi connectivity index (χ4v) is 3.79. The Labute approximate surface area is 174 Å². The third-order valence-electron chi connectivity index (χ3n) is 3.48. The predicted octanol–water partition coefficient (Wildman–Crippen LogP) is 1.67. The molecule has 16 heteroatoms. The Morgan fingerprint density at radius 2 is 1.17 bits per heavy atom. The number of halogens is 6. The molecule has 0 atom stereocenters. The summed E-state index contributed by atoms with van der Waals surface area (Å²) < 4.78 is 111. The number of nitrogens with one attached hydrogen (secondary N) is 1. The van der Waals surface area contributed by atoms with E-state index >= 15 is 0 Å². The first-order chi connectivity index (χ1) is 12.7. The van der Waals surface area contributed by atoms with E-state index in [1.165, 1.54) is 54.7 Å². The predicted molar refractivity (Wildman–Crippen MR) is 98.9 cm³/mol. The smallest absolute Gasteiger partial charge is 0.480 e. The number of hydrogen-bond acceptors (Lipinski definition) is 5. The zero-order chi connectivity index (χ0) is 23.7. The molecule has 1 saturated heterocycles. The molecule has 2 N–H and O–H groups in total. The number of rotatable bonds is 5. The monoisotopic (exact) mass is 499 g/mol. The van der Waals surface area contributed by atoms with E-state index in [-0.39, 0.29) is 5.48 Å². The molecular formula is C14H31F6N3O5S2. The first kappa shape index (κ1) is 33.9. The van der Waals surface area contributed by atoms with Crippen LogP contribution in [-0.2, 0) is 20.0 Å². The Bertz CT molecular complexity index is 628. The minimum absolute atomic E-state index is 0. The number of alkyl halides is 6. The van der Waals surface area contributed by atoms with Crippen molar-refractivity contribution in [3.05, 3.63) is 4.13 Å². The largest absolute Gasteiger partial charge is 0.870 e. The average molecular weight is 500 g/mol. The van der Waals surface area contributed by atoms with E-state index in [1.54, 1.807) is 0 Å². The van der Waals surface area contributed by atoms with Gasteiger partial charge in [-0.15, -0.1) is 0 Å². The molecule has 8 nitrogen and oxygen atoms in total. The molecule has 186 valence electrons. The molecule has 0 amide bonds. The summed E-state index contributed by atoms with van der Waals surface area (Å²) in [5.74, 6) is 0. The van der Waals surface area contributed by atoms with Crippen molar-refractivity contribution in [3.63, 3.8) is 0 Å². The number of hydrogen-bond donors (Lipinski definition) is 1. The van der Waals surface area contributed by atoms with Gasteiger partial charge in [-0.25, -0.2) is 16.8 Å². The molecule has 1 aliphatic rings. The molecule has 0 aromatic carbocycles. The molecule has 1 aliphatic heterocycles. The molecule has 1 fully saturated rings. The lowest BCUT2D eigenvalue weighted by atomic mass is 10.3. The van der Waals surface area contributed by atoms with Crippen LogP contribution < -0.4 is 4.90 Å². The van der Waals surface area contributed by atoms with E-state index in [0.717, 1.165) is 4.13 Å². The van der Waals surface area contributed by atoms with Crippen LogP contribution >= 0.6 is 0 Å². The lowest BCUT2D eigenvalue weighted by molar-refractivity contribution is -0.897. The topological polar surface area (TPSA) is 117 Å². The van der Waals surface area contributed by atoms with Crippen LogP contribution in [0.4, 0.5) is 26.3 Å². The maximum Gasteiger partial charge on any atom is 0.480 e. The molecule has 0 spiro atoms. The zero-order valence-corrected chi connectivity index (χ0v) is 19.1. The maximum atomic E-state index is 11.4. The highest BCUT2D eigenvalue weighted by molar-refractivity contribution is 8.13. The van der Waals surface area contributed by atoms with Crippen LogP contribution in [0.15, 0.2) is 0 Å². The van der Waals surface area contributed by atoms with Crippen LogP contribution in [-0.4, -0.2) is 85.6 Å². The Morgan fingerprint density at radius 1 is 0.867 bits per heavy atom. The fraction of sp³-hybridized carbons (Fsp3) is 1.00. The second kappa shape index (κ2) is 13.0. The van der Waals surface area contributed by atoms with Gasteiger partial charge in [0.2, 0.25) is 0 Å². The van der Waals surface area contributed by atoms with E-state index in [2.05, 4.69) is 35.1 Å². The van der Waals surface area contributed by atoms with Gasteiger partial charge in [-0.1, -0.05) is 13.3 Å². The van der Waals surface area contributed by atoms with Crippen molar-refractivity contribution in [3.8, 4) is 0 Å². The van der Waals surface area contributed by atoms with E-state index in [9.17, 15) is 43.2 Å². The highest BCUT2D eigenvalue weighted by atomic mass is 32.3. The summed E-state index contributed by atoms with van der Waals surface area (Å²) in [6, 6.07) is 0. The quantitative estimate of drug-likeness (QED) is 0.456. The number of nitrogens with zero attached hydrogens (tertiary/aromatic N) is 2. The third kappa shape index (κ3) is 13.6. The van der Waals surface area contributed by atoms with Crippen LogP contribution in [0.1, 0.15) is 32.6 Å². The van der Waals surface area contributed by atoms with E-state index in [4.69, 9.17) is 0 Å². The highest BCUT2D eigenvalue weighted by Gasteiger charge is 2.46. The van der Waals surface area contributed by atoms with Gasteiger partial charge in [-0.2, -0.15) is 26.3 Å². The zero-order valence-electron chi connectivity index (χ0n) is 17.5. The van der Waals surface area contributed by atoms with Crippen LogP contribution in [0.2, 0.25) is 0 Å². The first-order valence-corrected chi connectivity index (χ1v) is 11.6. The lowest BCUT2D eigenvalue weighted by Gasteiger charge is -2.28. The summed E-state index contributed by atoms with van der Waals surface area (Å²) >= 11 is 0. The van der Waals surface area contributed by atoms with Gasteiger partial charge in [0, 0.05) is 12.8 Å². The summed E-state index contributed by atoms with van der Waals surface area (Å²) in [6.45, 7) is 6.55. The SMILES string of the molecule is CCCC[N+]1(C)CCCC1.C[NH+](C)C.O=S(=O)([N-]S(=O)(=O)C(F)(F)F)C(F)(F)F.[OH-]. The van der Waals surface area contributed by atoms with E-state index in [1.807, 2.05) is 0 Å². The molecule has 1 rings (SSSR count). The van der Waals surface area contributed by atoms with E-state index in [0.29, 0.717) is 0 Å². The number of likely N-dealkylation sites (tertiary alicyclic amines) is 1. The summed E-state index contributed by atoms with van der Waals surface area (Å²) in [6.07, 6.45) is 5.69. The Hall–Kier alpha value is -0.680. The Kier molecular flexibility index (Phi) is 14.7. The Morgan fingerprint density at radius 3 is 1.40 bits per heavy atom. The summed E-state index contributed by atoms with van der Waals surface area (Å²) in [5, 5.41) is 0. The van der Waals surface area contributed by atoms with Gasteiger partial charge in [-0.3, -0.25) is 0 Å². The van der Waals surface area contributed by atoms with Gasteiger partial charge in [0.25, 0.3) is 0 Å². The maximum absolute atomic E-state index is 11.4. The average Bonchev–Trinajstić information content (AvgIpc) is 2.89. The van der Waals surface area contributed by atoms with Crippen molar-refractivity contribution in [1.29, 1.82) is 0 Å².